The molecule has 3 rings (SSSR count). The van der Waals surface area contributed by atoms with Gasteiger partial charge in [-0.1, -0.05) is 41.4 Å². The molecule has 10 heteroatoms. The Balaban J connectivity index is 1.83. The number of benzene rings is 2. The van der Waals surface area contributed by atoms with E-state index in [-0.39, 0.29) is 23.1 Å². The highest BCUT2D eigenvalue weighted by molar-refractivity contribution is 8.18. The van der Waals surface area contributed by atoms with Crippen LogP contribution in [-0.2, 0) is 20.9 Å². The van der Waals surface area contributed by atoms with E-state index in [0.29, 0.717) is 28.7 Å². The number of thioether (sulfide) groups is 1. The predicted octanol–water partition coefficient (Wildman–Crippen LogP) is 5.57. The van der Waals surface area contributed by atoms with Crippen molar-refractivity contribution in [3.8, 4) is 11.5 Å². The molecule has 1 saturated heterocycles. The van der Waals surface area contributed by atoms with Gasteiger partial charge in [-0.3, -0.25) is 19.3 Å². The lowest BCUT2D eigenvalue weighted by molar-refractivity contribution is -0.145. The summed E-state index contributed by atoms with van der Waals surface area (Å²) in [6.07, 6.45) is 1.52. The third kappa shape index (κ3) is 6.22. The van der Waals surface area contributed by atoms with Gasteiger partial charge in [0, 0.05) is 10.6 Å². The summed E-state index contributed by atoms with van der Waals surface area (Å²) in [5.74, 6) is -0.506. The molecule has 0 saturated carbocycles. The summed E-state index contributed by atoms with van der Waals surface area (Å²) in [6, 6.07) is 10.6. The normalized spacial score (nSPS) is 14.7. The van der Waals surface area contributed by atoms with Gasteiger partial charge in [0.2, 0.25) is 0 Å². The third-order valence-electron chi connectivity index (χ3n) is 4.43. The first-order valence-corrected chi connectivity index (χ1v) is 11.6. The number of halogens is 2. The summed E-state index contributed by atoms with van der Waals surface area (Å²) >= 11 is 13.4. The van der Waals surface area contributed by atoms with E-state index < -0.39 is 23.7 Å². The van der Waals surface area contributed by atoms with Crippen LogP contribution in [0.1, 0.15) is 25.0 Å². The van der Waals surface area contributed by atoms with Gasteiger partial charge in [-0.05, 0) is 55.4 Å². The van der Waals surface area contributed by atoms with Gasteiger partial charge in [-0.15, -0.1) is 0 Å². The SMILES string of the molecule is CCOC(=O)CN1C(=O)S/C(=C/c2cc(Cl)c(OCc3ccccc3Cl)c(OCC)c2)C1=O. The third-order valence-corrected chi connectivity index (χ3v) is 5.98. The van der Waals surface area contributed by atoms with Crippen molar-refractivity contribution in [1.29, 1.82) is 0 Å². The lowest BCUT2D eigenvalue weighted by atomic mass is 10.1. The zero-order chi connectivity index (χ0) is 24.0. The molecule has 1 aliphatic rings. The molecule has 2 aromatic rings. The molecule has 174 valence electrons. The fraction of sp³-hybridized carbons (Fsp3) is 0.261. The predicted molar refractivity (Wildman–Crippen MR) is 128 cm³/mol. The van der Waals surface area contributed by atoms with Crippen LogP contribution in [0.3, 0.4) is 0 Å². The molecule has 2 aromatic carbocycles. The van der Waals surface area contributed by atoms with Gasteiger partial charge in [0.25, 0.3) is 11.1 Å². The number of esters is 1. The molecule has 0 spiro atoms. The molecule has 0 unspecified atom stereocenters. The molecule has 0 aliphatic carbocycles. The van der Waals surface area contributed by atoms with E-state index in [1.54, 1.807) is 25.1 Å². The molecule has 1 heterocycles. The molecule has 1 aliphatic heterocycles. The minimum atomic E-state index is -0.650. The minimum Gasteiger partial charge on any atom is -0.490 e. The van der Waals surface area contributed by atoms with Gasteiger partial charge in [0.05, 0.1) is 23.1 Å². The standard InChI is InChI=1S/C23H21Cl2NO6S/c1-3-30-18-10-14(9-17(25)21(18)32-13-15-7-5-6-8-16(15)24)11-19-22(28)26(23(29)33-19)12-20(27)31-4-2/h5-11H,3-4,12-13H2,1-2H3/b19-11+. The van der Waals surface area contributed by atoms with Crippen molar-refractivity contribution in [2.75, 3.05) is 19.8 Å². The summed E-state index contributed by atoms with van der Waals surface area (Å²) in [5, 5.41) is 0.293. The highest BCUT2D eigenvalue weighted by Crippen LogP contribution is 2.39. The molecule has 0 N–H and O–H groups in total. The number of hydrogen-bond acceptors (Lipinski definition) is 7. The molecule has 2 amide bonds. The van der Waals surface area contributed by atoms with Crippen LogP contribution in [0.4, 0.5) is 4.79 Å². The van der Waals surface area contributed by atoms with E-state index in [0.717, 1.165) is 22.2 Å². The highest BCUT2D eigenvalue weighted by atomic mass is 35.5. The summed E-state index contributed by atoms with van der Waals surface area (Å²) in [4.78, 5) is 37.5. The Hall–Kier alpha value is -2.68. The monoisotopic (exact) mass is 509 g/mol. The highest BCUT2D eigenvalue weighted by Gasteiger charge is 2.36. The summed E-state index contributed by atoms with van der Waals surface area (Å²) in [7, 11) is 0. The Morgan fingerprint density at radius 3 is 2.52 bits per heavy atom. The van der Waals surface area contributed by atoms with Crippen molar-refractivity contribution in [3.05, 3.63) is 62.5 Å². The van der Waals surface area contributed by atoms with Crippen LogP contribution in [-0.4, -0.2) is 41.8 Å². The van der Waals surface area contributed by atoms with Gasteiger partial charge in [0.15, 0.2) is 11.5 Å². The van der Waals surface area contributed by atoms with Crippen molar-refractivity contribution in [1.82, 2.24) is 4.90 Å². The second-order valence-electron chi connectivity index (χ2n) is 6.72. The van der Waals surface area contributed by atoms with Crippen molar-refractivity contribution in [2.24, 2.45) is 0 Å². The number of imide groups is 1. The molecule has 1 fully saturated rings. The van der Waals surface area contributed by atoms with Crippen LogP contribution in [0.5, 0.6) is 11.5 Å². The van der Waals surface area contributed by atoms with E-state index in [1.165, 1.54) is 6.08 Å². The molecular formula is C23H21Cl2NO6S. The summed E-state index contributed by atoms with van der Waals surface area (Å²) in [5.41, 5.74) is 1.33. The van der Waals surface area contributed by atoms with E-state index in [1.807, 2.05) is 25.1 Å². The zero-order valence-electron chi connectivity index (χ0n) is 17.9. The largest absolute Gasteiger partial charge is 0.490 e. The van der Waals surface area contributed by atoms with E-state index >= 15 is 0 Å². The van der Waals surface area contributed by atoms with Crippen molar-refractivity contribution in [3.63, 3.8) is 0 Å². The Kier molecular flexibility index (Phi) is 8.66. The number of amides is 2. The van der Waals surface area contributed by atoms with E-state index in [9.17, 15) is 14.4 Å². The maximum atomic E-state index is 12.6. The van der Waals surface area contributed by atoms with Gasteiger partial charge in [-0.2, -0.15) is 0 Å². The summed E-state index contributed by atoms with van der Waals surface area (Å²) in [6.45, 7) is 3.74. The van der Waals surface area contributed by atoms with E-state index in [2.05, 4.69) is 0 Å². The topological polar surface area (TPSA) is 82.1 Å². The Morgan fingerprint density at radius 1 is 1.06 bits per heavy atom. The molecule has 0 bridgehead atoms. The van der Waals surface area contributed by atoms with Gasteiger partial charge in [-0.25, -0.2) is 0 Å². The number of carbonyl (C=O) groups is 3. The van der Waals surface area contributed by atoms with E-state index in [4.69, 9.17) is 37.4 Å². The molecular weight excluding hydrogens is 489 g/mol. The lowest BCUT2D eigenvalue weighted by Gasteiger charge is -2.15. The first kappa shape index (κ1) is 25.0. The van der Waals surface area contributed by atoms with Crippen LogP contribution in [0, 0.1) is 0 Å². The maximum Gasteiger partial charge on any atom is 0.326 e. The molecule has 33 heavy (non-hydrogen) atoms. The number of hydrogen-bond donors (Lipinski definition) is 0. The van der Waals surface area contributed by atoms with Gasteiger partial charge in [0.1, 0.15) is 13.2 Å². The van der Waals surface area contributed by atoms with Crippen molar-refractivity contribution >= 4 is 58.2 Å². The van der Waals surface area contributed by atoms with Crippen LogP contribution >= 0.6 is 35.0 Å². The average molecular weight is 510 g/mol. The van der Waals surface area contributed by atoms with Gasteiger partial charge < -0.3 is 14.2 Å². The number of nitrogens with zero attached hydrogens (tertiary/aromatic N) is 1. The van der Waals surface area contributed by atoms with Crippen LogP contribution in [0.15, 0.2) is 41.3 Å². The lowest BCUT2D eigenvalue weighted by Crippen LogP contribution is -2.34. The number of ether oxygens (including phenoxy) is 3. The van der Waals surface area contributed by atoms with Crippen LogP contribution < -0.4 is 9.47 Å². The van der Waals surface area contributed by atoms with Crippen molar-refractivity contribution in [2.45, 2.75) is 20.5 Å². The second-order valence-corrected chi connectivity index (χ2v) is 8.52. The molecule has 0 radical (unpaired) electrons. The molecule has 0 aromatic heterocycles. The fourth-order valence-corrected chi connectivity index (χ4v) is 4.27. The Labute approximate surface area is 205 Å². The van der Waals surface area contributed by atoms with Crippen molar-refractivity contribution < 1.29 is 28.6 Å². The smallest absolute Gasteiger partial charge is 0.326 e. The molecule has 0 atom stereocenters. The average Bonchev–Trinajstić information content (AvgIpc) is 3.02. The molecule has 7 nitrogen and oxygen atoms in total. The second kappa shape index (κ2) is 11.4. The zero-order valence-corrected chi connectivity index (χ0v) is 20.3. The maximum absolute atomic E-state index is 12.6. The first-order chi connectivity index (χ1) is 15.8. The van der Waals surface area contributed by atoms with Crippen LogP contribution in [0.25, 0.3) is 6.08 Å². The first-order valence-electron chi connectivity index (χ1n) is 10.1. The minimum absolute atomic E-state index is 0.160. The Bertz CT molecular complexity index is 1100. The fourth-order valence-electron chi connectivity index (χ4n) is 2.96. The van der Waals surface area contributed by atoms with Gasteiger partial charge >= 0.3 is 5.97 Å². The quantitative estimate of drug-likeness (QED) is 0.322. The number of rotatable bonds is 9. The summed E-state index contributed by atoms with van der Waals surface area (Å²) < 4.78 is 16.4. The number of carbonyl (C=O) groups excluding carboxylic acids is 3. The van der Waals surface area contributed by atoms with Crippen LogP contribution in [0.2, 0.25) is 10.0 Å². The Morgan fingerprint density at radius 2 is 1.82 bits per heavy atom.